The van der Waals surface area contributed by atoms with Crippen molar-refractivity contribution in [2.24, 2.45) is 0 Å². The number of sulfonamides is 1. The molecule has 0 saturated heterocycles. The van der Waals surface area contributed by atoms with Crippen molar-refractivity contribution in [1.82, 2.24) is 10.2 Å². The Morgan fingerprint density at radius 2 is 1.48 bits per heavy atom. The summed E-state index contributed by atoms with van der Waals surface area (Å²) in [4.78, 5) is 30.1. The molecule has 0 heterocycles. The number of anilines is 1. The minimum atomic E-state index is -4.26. The highest BCUT2D eigenvalue weighted by Gasteiger charge is 2.36. The van der Waals surface area contributed by atoms with E-state index in [9.17, 15) is 18.0 Å². The lowest BCUT2D eigenvalue weighted by Gasteiger charge is -2.35. The van der Waals surface area contributed by atoms with Gasteiger partial charge in [-0.25, -0.2) is 8.42 Å². The summed E-state index contributed by atoms with van der Waals surface area (Å²) in [5, 5.41) is 3.56. The molecule has 242 valence electrons. The van der Waals surface area contributed by atoms with Gasteiger partial charge in [0.2, 0.25) is 11.8 Å². The van der Waals surface area contributed by atoms with E-state index < -0.39 is 34.1 Å². The summed E-state index contributed by atoms with van der Waals surface area (Å²) in [5.41, 5.74) is 1.98. The minimum Gasteiger partial charge on any atom is -0.495 e. The molecule has 1 N–H and O–H groups in total. The molecule has 8 nitrogen and oxygen atoms in total. The number of aryl methyl sites for hydroxylation is 1. The van der Waals surface area contributed by atoms with Gasteiger partial charge in [-0.3, -0.25) is 13.9 Å². The lowest BCUT2D eigenvalue weighted by atomic mass is 10.0. The Balaban J connectivity index is 1.85. The van der Waals surface area contributed by atoms with E-state index in [-0.39, 0.29) is 35.2 Å². The van der Waals surface area contributed by atoms with Crippen LogP contribution in [0, 0.1) is 6.92 Å². The fraction of sp³-hybridized carbons (Fsp3) is 0.278. The molecule has 4 rings (SSSR count). The molecule has 0 radical (unpaired) electrons. The van der Waals surface area contributed by atoms with Crippen LogP contribution in [-0.2, 0) is 32.6 Å². The lowest BCUT2D eigenvalue weighted by Crippen LogP contribution is -2.56. The van der Waals surface area contributed by atoms with Gasteiger partial charge in [0, 0.05) is 23.5 Å². The molecule has 0 saturated carbocycles. The van der Waals surface area contributed by atoms with E-state index in [2.05, 4.69) is 5.32 Å². The second-order valence-corrected chi connectivity index (χ2v) is 14.4. The van der Waals surface area contributed by atoms with Gasteiger partial charge in [0.15, 0.2) is 0 Å². The van der Waals surface area contributed by atoms with Crippen LogP contribution in [0.1, 0.15) is 37.5 Å². The van der Waals surface area contributed by atoms with Gasteiger partial charge in [0.05, 0.1) is 17.7 Å². The van der Waals surface area contributed by atoms with Crippen molar-refractivity contribution in [1.29, 1.82) is 0 Å². The van der Waals surface area contributed by atoms with Gasteiger partial charge in [0.25, 0.3) is 10.0 Å². The van der Waals surface area contributed by atoms with Gasteiger partial charge in [-0.15, -0.1) is 0 Å². The first-order valence-electron chi connectivity index (χ1n) is 14.9. The topological polar surface area (TPSA) is 96.0 Å². The van der Waals surface area contributed by atoms with Crippen LogP contribution in [0.25, 0.3) is 0 Å². The number of halogens is 1. The number of benzene rings is 4. The second-order valence-electron chi connectivity index (χ2n) is 12.1. The predicted octanol–water partition coefficient (Wildman–Crippen LogP) is 6.41. The van der Waals surface area contributed by atoms with Gasteiger partial charge in [0.1, 0.15) is 18.3 Å². The Morgan fingerprint density at radius 3 is 2.07 bits per heavy atom. The highest BCUT2D eigenvalue weighted by atomic mass is 35.5. The van der Waals surface area contributed by atoms with E-state index in [1.807, 2.05) is 58.0 Å². The smallest absolute Gasteiger partial charge is 0.264 e. The molecule has 2 amide bonds. The molecule has 4 aromatic carbocycles. The number of carbonyl (C=O) groups excluding carboxylic acids is 2. The van der Waals surface area contributed by atoms with Gasteiger partial charge in [-0.2, -0.15) is 0 Å². The Kier molecular flexibility index (Phi) is 11.1. The molecule has 10 heteroatoms. The van der Waals surface area contributed by atoms with E-state index in [4.69, 9.17) is 16.3 Å². The molecule has 46 heavy (non-hydrogen) atoms. The zero-order valence-electron chi connectivity index (χ0n) is 26.7. The van der Waals surface area contributed by atoms with Crippen molar-refractivity contribution in [3.05, 3.63) is 125 Å². The maximum Gasteiger partial charge on any atom is 0.264 e. The molecule has 0 fully saturated rings. The van der Waals surface area contributed by atoms with Crippen molar-refractivity contribution in [2.75, 3.05) is 18.0 Å². The number of amides is 2. The second kappa shape index (κ2) is 14.8. The van der Waals surface area contributed by atoms with Crippen LogP contribution in [0.15, 0.2) is 108 Å². The number of carbonyl (C=O) groups is 2. The molecule has 1 atom stereocenters. The number of methoxy groups -OCH3 is 1. The third kappa shape index (κ3) is 8.89. The molecule has 0 aliphatic rings. The van der Waals surface area contributed by atoms with E-state index in [0.717, 1.165) is 21.0 Å². The monoisotopic (exact) mass is 661 g/mol. The summed E-state index contributed by atoms with van der Waals surface area (Å²) in [6.45, 7) is 6.89. The Morgan fingerprint density at radius 1 is 0.870 bits per heavy atom. The quantitative estimate of drug-likeness (QED) is 0.189. The first kappa shape index (κ1) is 34.5. The number of nitrogens with zero attached hydrogens (tertiary/aromatic N) is 2. The Labute approximate surface area is 277 Å². The molecule has 0 bridgehead atoms. The normalized spacial score (nSPS) is 12.2. The average Bonchev–Trinajstić information content (AvgIpc) is 3.02. The van der Waals surface area contributed by atoms with Gasteiger partial charge in [-0.05, 0) is 80.8 Å². The molecule has 0 spiro atoms. The summed E-state index contributed by atoms with van der Waals surface area (Å²) >= 11 is 6.16. The maximum absolute atomic E-state index is 14.6. The highest BCUT2D eigenvalue weighted by Crippen LogP contribution is 2.34. The van der Waals surface area contributed by atoms with Crippen LogP contribution in [0.3, 0.4) is 0 Å². The fourth-order valence-electron chi connectivity index (χ4n) is 5.02. The largest absolute Gasteiger partial charge is 0.495 e. The Hall–Kier alpha value is -4.34. The van der Waals surface area contributed by atoms with E-state index in [1.54, 1.807) is 60.7 Å². The first-order chi connectivity index (χ1) is 21.8. The molecule has 0 unspecified atom stereocenters. The van der Waals surface area contributed by atoms with E-state index in [1.165, 1.54) is 24.1 Å². The third-order valence-electron chi connectivity index (χ3n) is 7.25. The lowest BCUT2D eigenvalue weighted by molar-refractivity contribution is -0.140. The summed E-state index contributed by atoms with van der Waals surface area (Å²) in [6.07, 6.45) is 0.210. The van der Waals surface area contributed by atoms with Crippen LogP contribution in [0.4, 0.5) is 5.69 Å². The maximum atomic E-state index is 14.6. The van der Waals surface area contributed by atoms with Gasteiger partial charge < -0.3 is 15.0 Å². The first-order valence-corrected chi connectivity index (χ1v) is 16.7. The van der Waals surface area contributed by atoms with E-state index in [0.29, 0.717) is 5.02 Å². The van der Waals surface area contributed by atoms with Crippen LogP contribution < -0.4 is 14.4 Å². The number of nitrogens with one attached hydrogen (secondary N) is 1. The SMILES string of the molecule is COc1ccc(C)cc1N(CC(=O)N(Cc1ccc(Cl)cc1)[C@H](Cc1ccccc1)C(=O)NC(C)(C)C)S(=O)(=O)c1ccccc1. The molecule has 0 aromatic heterocycles. The molecule has 4 aromatic rings. The van der Waals surface area contributed by atoms with Crippen molar-refractivity contribution < 1.29 is 22.7 Å². The van der Waals surface area contributed by atoms with Crippen molar-refractivity contribution in [2.45, 2.75) is 57.1 Å². The number of ether oxygens (including phenoxy) is 1. The van der Waals surface area contributed by atoms with Gasteiger partial charge in [-0.1, -0.05) is 78.3 Å². The van der Waals surface area contributed by atoms with E-state index >= 15 is 0 Å². The average molecular weight is 662 g/mol. The fourth-order valence-corrected chi connectivity index (χ4v) is 6.58. The Bertz CT molecular complexity index is 1740. The summed E-state index contributed by atoms with van der Waals surface area (Å²) in [5.74, 6) is -0.638. The predicted molar refractivity (Wildman–Crippen MR) is 183 cm³/mol. The third-order valence-corrected chi connectivity index (χ3v) is 9.27. The molecule has 0 aliphatic heterocycles. The van der Waals surface area contributed by atoms with Crippen LogP contribution >= 0.6 is 11.6 Å². The van der Waals surface area contributed by atoms with Crippen LogP contribution in [-0.4, -0.2) is 50.4 Å². The summed E-state index contributed by atoms with van der Waals surface area (Å²) in [7, 11) is -2.81. The molecule has 0 aliphatic carbocycles. The zero-order chi connectivity index (χ0) is 33.5. The van der Waals surface area contributed by atoms with Crippen molar-refractivity contribution >= 4 is 39.1 Å². The summed E-state index contributed by atoms with van der Waals surface area (Å²) in [6, 6.07) is 28.5. The van der Waals surface area contributed by atoms with Crippen molar-refractivity contribution in [3.8, 4) is 5.75 Å². The molecular weight excluding hydrogens is 622 g/mol. The standard InChI is InChI=1S/C36H40ClN3O5S/c1-26-16-21-33(45-5)31(22-26)40(46(43,44)30-14-10-7-11-15-30)25-34(41)39(24-28-17-19-29(37)20-18-28)32(35(42)38-36(2,3)4)23-27-12-8-6-9-13-27/h6-22,32H,23-25H2,1-5H3,(H,38,42)/t32-/m1/s1. The molecular formula is C36H40ClN3O5S. The highest BCUT2D eigenvalue weighted by molar-refractivity contribution is 7.92. The van der Waals surface area contributed by atoms with Crippen molar-refractivity contribution in [3.63, 3.8) is 0 Å². The number of hydrogen-bond donors (Lipinski definition) is 1. The minimum absolute atomic E-state index is 0.0157. The van der Waals surface area contributed by atoms with Crippen LogP contribution in [0.2, 0.25) is 5.02 Å². The summed E-state index contributed by atoms with van der Waals surface area (Å²) < 4.78 is 35.1. The zero-order valence-corrected chi connectivity index (χ0v) is 28.3. The number of rotatable bonds is 12. The van der Waals surface area contributed by atoms with Crippen LogP contribution in [0.5, 0.6) is 5.75 Å². The number of hydrogen-bond acceptors (Lipinski definition) is 5. The van der Waals surface area contributed by atoms with Gasteiger partial charge >= 0.3 is 0 Å².